The van der Waals surface area contributed by atoms with Crippen LogP contribution in [0.5, 0.6) is 0 Å². The van der Waals surface area contributed by atoms with Gasteiger partial charge in [-0.3, -0.25) is 14.4 Å². The molecule has 0 bridgehead atoms. The van der Waals surface area contributed by atoms with Crippen LogP contribution in [0.3, 0.4) is 0 Å². The average molecular weight is 475 g/mol. The van der Waals surface area contributed by atoms with E-state index in [1.807, 2.05) is 0 Å². The molecule has 3 N–H and O–H groups in total. The quantitative estimate of drug-likeness (QED) is 0.447. The van der Waals surface area contributed by atoms with Gasteiger partial charge in [-0.25, -0.2) is 13.4 Å². The molecule has 0 radical (unpaired) electrons. The minimum absolute atomic E-state index is 0.00583. The normalized spacial score (nSPS) is 11.1. The lowest BCUT2D eigenvalue weighted by Gasteiger charge is -2.09. The Kier molecular flexibility index (Phi) is 6.75. The molecular formula is C21H19ClN4O5S. The van der Waals surface area contributed by atoms with Crippen molar-refractivity contribution >= 4 is 50.4 Å². The number of benzene rings is 2. The minimum atomic E-state index is -3.44. The van der Waals surface area contributed by atoms with Gasteiger partial charge in [-0.1, -0.05) is 18.5 Å². The molecule has 166 valence electrons. The van der Waals surface area contributed by atoms with Crippen molar-refractivity contribution in [2.45, 2.75) is 18.2 Å². The number of carbonyl (C=O) groups excluding carboxylic acids is 3. The molecule has 3 aromatic rings. The van der Waals surface area contributed by atoms with Gasteiger partial charge in [0.25, 0.3) is 11.8 Å². The number of nitrogens with zero attached hydrogens (tertiary/aromatic N) is 1. The predicted octanol–water partition coefficient (Wildman–Crippen LogP) is 3.56. The third-order valence-electron chi connectivity index (χ3n) is 4.47. The smallest absolute Gasteiger partial charge is 0.274 e. The molecule has 0 saturated carbocycles. The van der Waals surface area contributed by atoms with Gasteiger partial charge in [0.15, 0.2) is 15.6 Å². The van der Waals surface area contributed by atoms with E-state index in [1.165, 1.54) is 24.5 Å². The van der Waals surface area contributed by atoms with Gasteiger partial charge in [0.1, 0.15) is 11.4 Å². The molecule has 0 aliphatic heterocycles. The van der Waals surface area contributed by atoms with Gasteiger partial charge in [-0.15, -0.1) is 0 Å². The van der Waals surface area contributed by atoms with Crippen LogP contribution in [0.2, 0.25) is 5.02 Å². The molecule has 0 spiro atoms. The Morgan fingerprint density at radius 3 is 2.12 bits per heavy atom. The first-order chi connectivity index (χ1) is 15.1. The van der Waals surface area contributed by atoms with Gasteiger partial charge in [0, 0.05) is 24.1 Å². The monoisotopic (exact) mass is 474 g/mol. The number of Topliss-reactive ketones (excluding diaryl/α,β-unsaturated/α-hetero) is 1. The van der Waals surface area contributed by atoms with E-state index < -0.39 is 21.7 Å². The molecule has 0 unspecified atom stereocenters. The third kappa shape index (κ3) is 5.21. The maximum atomic E-state index is 12.5. The van der Waals surface area contributed by atoms with Crippen LogP contribution in [0.25, 0.3) is 0 Å². The number of H-pyrrole nitrogens is 1. The van der Waals surface area contributed by atoms with Crippen LogP contribution >= 0.6 is 11.6 Å². The molecule has 9 nitrogen and oxygen atoms in total. The van der Waals surface area contributed by atoms with Crippen LogP contribution in [-0.2, 0) is 9.84 Å². The molecule has 2 aromatic carbocycles. The van der Waals surface area contributed by atoms with E-state index in [2.05, 4.69) is 20.6 Å². The second-order valence-corrected chi connectivity index (χ2v) is 9.23. The third-order valence-corrected chi connectivity index (χ3v) is 5.89. The topological polar surface area (TPSA) is 138 Å². The van der Waals surface area contributed by atoms with E-state index in [9.17, 15) is 22.8 Å². The van der Waals surface area contributed by atoms with Crippen molar-refractivity contribution < 1.29 is 22.8 Å². The first-order valence-electron chi connectivity index (χ1n) is 9.39. The highest BCUT2D eigenvalue weighted by Gasteiger charge is 2.19. The molecule has 1 aromatic heterocycles. The number of halogens is 1. The van der Waals surface area contributed by atoms with Crippen molar-refractivity contribution in [3.8, 4) is 0 Å². The highest BCUT2D eigenvalue weighted by atomic mass is 35.5. The lowest BCUT2D eigenvalue weighted by molar-refractivity contribution is 0.0963. The molecule has 0 atom stereocenters. The molecular weight excluding hydrogens is 456 g/mol. The zero-order chi connectivity index (χ0) is 23.5. The van der Waals surface area contributed by atoms with Crippen LogP contribution in [0.15, 0.2) is 53.7 Å². The van der Waals surface area contributed by atoms with Crippen LogP contribution < -0.4 is 10.6 Å². The number of ketones is 1. The molecule has 1 heterocycles. The van der Waals surface area contributed by atoms with Gasteiger partial charge in [0.05, 0.1) is 21.8 Å². The number of rotatable bonds is 7. The molecule has 32 heavy (non-hydrogen) atoms. The van der Waals surface area contributed by atoms with E-state index in [0.717, 1.165) is 6.26 Å². The van der Waals surface area contributed by atoms with Gasteiger partial charge < -0.3 is 15.6 Å². The zero-order valence-electron chi connectivity index (χ0n) is 17.1. The number of sulfone groups is 1. The second kappa shape index (κ2) is 9.33. The number of nitrogens with one attached hydrogen (secondary N) is 3. The van der Waals surface area contributed by atoms with Crippen LogP contribution in [0, 0.1) is 0 Å². The Morgan fingerprint density at radius 1 is 1.00 bits per heavy atom. The number of hydrogen-bond donors (Lipinski definition) is 3. The summed E-state index contributed by atoms with van der Waals surface area (Å²) in [6.45, 7) is 1.68. The van der Waals surface area contributed by atoms with Crippen LogP contribution in [-0.4, -0.2) is 42.2 Å². The summed E-state index contributed by atoms with van der Waals surface area (Å²) in [7, 11) is -3.44. The van der Waals surface area contributed by atoms with Crippen molar-refractivity contribution in [1.82, 2.24) is 9.97 Å². The summed E-state index contributed by atoms with van der Waals surface area (Å²) in [6.07, 6.45) is 2.55. The Labute approximate surface area is 189 Å². The number of amides is 2. The summed E-state index contributed by atoms with van der Waals surface area (Å²) in [5.74, 6) is -1.29. The molecule has 0 fully saturated rings. The number of aromatic amines is 1. The van der Waals surface area contributed by atoms with Crippen molar-refractivity contribution in [1.29, 1.82) is 0 Å². The Balaban J connectivity index is 1.69. The van der Waals surface area contributed by atoms with Gasteiger partial charge in [0.2, 0.25) is 0 Å². The summed E-state index contributed by atoms with van der Waals surface area (Å²) in [4.78, 5) is 43.4. The number of hydrogen-bond acceptors (Lipinski definition) is 6. The first-order valence-corrected chi connectivity index (χ1v) is 11.7. The standard InChI is InChI=1S/C21H19ClN4O5S/c1-3-17(27)18-19(24-11-23-18)21(29)26-13-6-4-12(5-7-13)25-20(28)15-9-8-14(10-16(15)22)32(2,30)31/h4-11H,3H2,1-2H3,(H,23,24)(H,25,28)(H,26,29). The van der Waals surface area contributed by atoms with Crippen LogP contribution in [0.1, 0.15) is 44.7 Å². The van der Waals surface area contributed by atoms with E-state index in [4.69, 9.17) is 11.6 Å². The van der Waals surface area contributed by atoms with E-state index in [1.54, 1.807) is 31.2 Å². The molecule has 0 aliphatic rings. The fourth-order valence-electron chi connectivity index (χ4n) is 2.79. The van der Waals surface area contributed by atoms with E-state index in [0.29, 0.717) is 11.4 Å². The number of aromatic nitrogens is 2. The summed E-state index contributed by atoms with van der Waals surface area (Å²) in [6, 6.07) is 10.1. The molecule has 11 heteroatoms. The SMILES string of the molecule is CCC(=O)c1nc[nH]c1C(=O)Nc1ccc(NC(=O)c2ccc(S(C)(=O)=O)cc2Cl)cc1. The second-order valence-electron chi connectivity index (χ2n) is 6.80. The average Bonchev–Trinajstić information content (AvgIpc) is 3.24. The van der Waals surface area contributed by atoms with Gasteiger partial charge >= 0.3 is 0 Å². The lowest BCUT2D eigenvalue weighted by atomic mass is 10.2. The maximum absolute atomic E-state index is 12.5. The van der Waals surface area contributed by atoms with E-state index in [-0.39, 0.29) is 39.1 Å². The summed E-state index contributed by atoms with van der Waals surface area (Å²) in [5, 5.41) is 5.31. The first kappa shape index (κ1) is 23.2. The summed E-state index contributed by atoms with van der Waals surface area (Å²) < 4.78 is 23.2. The highest BCUT2D eigenvalue weighted by molar-refractivity contribution is 7.90. The summed E-state index contributed by atoms with van der Waals surface area (Å²) in [5.41, 5.74) is 1.13. The van der Waals surface area contributed by atoms with E-state index >= 15 is 0 Å². The van der Waals surface area contributed by atoms with Gasteiger partial charge in [-0.05, 0) is 42.5 Å². The maximum Gasteiger partial charge on any atom is 0.274 e. The molecule has 0 aliphatic carbocycles. The van der Waals surface area contributed by atoms with Crippen molar-refractivity contribution in [3.05, 3.63) is 70.8 Å². The predicted molar refractivity (Wildman–Crippen MR) is 120 cm³/mol. The molecule has 2 amide bonds. The van der Waals surface area contributed by atoms with Crippen LogP contribution in [0.4, 0.5) is 11.4 Å². The van der Waals surface area contributed by atoms with Crippen molar-refractivity contribution in [3.63, 3.8) is 0 Å². The molecule has 3 rings (SSSR count). The minimum Gasteiger partial charge on any atom is -0.340 e. The Hall–Kier alpha value is -3.50. The zero-order valence-corrected chi connectivity index (χ0v) is 18.7. The highest BCUT2D eigenvalue weighted by Crippen LogP contribution is 2.23. The number of imidazole rings is 1. The van der Waals surface area contributed by atoms with Gasteiger partial charge in [-0.2, -0.15) is 0 Å². The Bertz CT molecular complexity index is 1300. The Morgan fingerprint density at radius 2 is 1.59 bits per heavy atom. The van der Waals surface area contributed by atoms with Crippen molar-refractivity contribution in [2.24, 2.45) is 0 Å². The number of anilines is 2. The molecule has 0 saturated heterocycles. The fraction of sp³-hybridized carbons (Fsp3) is 0.143. The lowest BCUT2D eigenvalue weighted by Crippen LogP contribution is -2.16. The van der Waals surface area contributed by atoms with Crippen molar-refractivity contribution in [2.75, 3.05) is 16.9 Å². The number of carbonyl (C=O) groups is 3. The fourth-order valence-corrected chi connectivity index (χ4v) is 3.76. The summed E-state index contributed by atoms with van der Waals surface area (Å²) >= 11 is 6.07. The largest absolute Gasteiger partial charge is 0.340 e.